The first-order chi connectivity index (χ1) is 15.1. The first-order valence-corrected chi connectivity index (χ1v) is 9.78. The molecule has 3 rings (SSSR count). The number of para-hydroxylation sites is 1. The number of alkyl halides is 3. The molecule has 1 aliphatic rings. The minimum absolute atomic E-state index is 0.00155. The Morgan fingerprint density at radius 2 is 1.94 bits per heavy atom. The first-order valence-electron chi connectivity index (χ1n) is 9.40. The van der Waals surface area contributed by atoms with E-state index in [9.17, 15) is 22.4 Å². The van der Waals surface area contributed by atoms with Crippen LogP contribution in [0.3, 0.4) is 0 Å². The maximum atomic E-state index is 13.6. The van der Waals surface area contributed by atoms with Gasteiger partial charge >= 0.3 is 12.1 Å². The lowest BCUT2D eigenvalue weighted by Crippen LogP contribution is -2.40. The standard InChI is InChI=1S/C18H19ClFN3O2.C2HF3O2/c19-14-4-1-5-15(20)17(14)25-10-9-22-18(24)16(23-13-6-7-13)12-3-2-8-21-11-12;3-2(4,5)1(6)7/h1-5,8,11,13,16,23H,6-7,9-10H2,(H,22,24);(H,6,7). The Labute approximate surface area is 185 Å². The van der Waals surface area contributed by atoms with Crippen molar-refractivity contribution in [3.05, 3.63) is 59.1 Å². The zero-order chi connectivity index (χ0) is 23.7. The van der Waals surface area contributed by atoms with E-state index in [1.54, 1.807) is 24.5 Å². The largest absolute Gasteiger partial charge is 0.490 e. The molecule has 1 aliphatic carbocycles. The lowest BCUT2D eigenvalue weighted by atomic mass is 10.1. The number of nitrogens with one attached hydrogen (secondary N) is 2. The number of pyridine rings is 1. The summed E-state index contributed by atoms with van der Waals surface area (Å²) in [6.45, 7) is 0.363. The molecule has 32 heavy (non-hydrogen) atoms. The summed E-state index contributed by atoms with van der Waals surface area (Å²) < 4.78 is 50.7. The van der Waals surface area contributed by atoms with Crippen molar-refractivity contribution in [1.82, 2.24) is 15.6 Å². The third kappa shape index (κ3) is 8.31. The van der Waals surface area contributed by atoms with Gasteiger partial charge < -0.3 is 15.2 Å². The summed E-state index contributed by atoms with van der Waals surface area (Å²) in [5.41, 5.74) is 0.810. The summed E-state index contributed by atoms with van der Waals surface area (Å²) in [7, 11) is 0. The number of carbonyl (C=O) groups is 2. The zero-order valence-electron chi connectivity index (χ0n) is 16.5. The van der Waals surface area contributed by atoms with E-state index < -0.39 is 24.0 Å². The molecular formula is C20H20ClF4N3O4. The Kier molecular flexibility index (Phi) is 9.21. The van der Waals surface area contributed by atoms with Gasteiger partial charge in [-0.25, -0.2) is 9.18 Å². The third-order valence-corrected chi connectivity index (χ3v) is 4.37. The van der Waals surface area contributed by atoms with Crippen molar-refractivity contribution in [2.24, 2.45) is 0 Å². The summed E-state index contributed by atoms with van der Waals surface area (Å²) >= 11 is 5.90. The molecule has 1 unspecified atom stereocenters. The van der Waals surface area contributed by atoms with E-state index in [1.165, 1.54) is 12.1 Å². The Bertz CT molecular complexity index is 891. The molecular weight excluding hydrogens is 458 g/mol. The van der Waals surface area contributed by atoms with E-state index in [-0.39, 0.29) is 29.8 Å². The Hall–Kier alpha value is -2.92. The van der Waals surface area contributed by atoms with Crippen LogP contribution in [0.4, 0.5) is 17.6 Å². The van der Waals surface area contributed by atoms with Crippen molar-refractivity contribution >= 4 is 23.5 Å². The lowest BCUT2D eigenvalue weighted by molar-refractivity contribution is -0.192. The summed E-state index contributed by atoms with van der Waals surface area (Å²) in [4.78, 5) is 25.5. The Morgan fingerprint density at radius 3 is 2.47 bits per heavy atom. The molecule has 0 aliphatic heterocycles. The van der Waals surface area contributed by atoms with Crippen molar-refractivity contribution in [2.45, 2.75) is 31.1 Å². The van der Waals surface area contributed by atoms with Crippen molar-refractivity contribution < 1.29 is 37.0 Å². The molecule has 1 heterocycles. The first kappa shape index (κ1) is 25.3. The summed E-state index contributed by atoms with van der Waals surface area (Å²) in [6.07, 6.45) is 0.398. The number of rotatable bonds is 8. The highest BCUT2D eigenvalue weighted by Crippen LogP contribution is 2.27. The van der Waals surface area contributed by atoms with Crippen LogP contribution in [0.25, 0.3) is 0 Å². The minimum atomic E-state index is -5.08. The highest BCUT2D eigenvalue weighted by atomic mass is 35.5. The minimum Gasteiger partial charge on any atom is -0.487 e. The lowest BCUT2D eigenvalue weighted by Gasteiger charge is -2.18. The quantitative estimate of drug-likeness (QED) is 0.397. The van der Waals surface area contributed by atoms with E-state index in [4.69, 9.17) is 26.2 Å². The second-order valence-electron chi connectivity index (χ2n) is 6.65. The average Bonchev–Trinajstić information content (AvgIpc) is 3.55. The Balaban J connectivity index is 0.000000451. The van der Waals surface area contributed by atoms with Crippen LogP contribution < -0.4 is 15.4 Å². The van der Waals surface area contributed by atoms with Gasteiger partial charge in [-0.2, -0.15) is 13.2 Å². The highest BCUT2D eigenvalue weighted by molar-refractivity contribution is 6.32. The normalized spacial score (nSPS) is 14.0. The fourth-order valence-corrected chi connectivity index (χ4v) is 2.62. The molecule has 1 atom stereocenters. The molecule has 3 N–H and O–H groups in total. The van der Waals surface area contributed by atoms with Crippen LogP contribution in [0, 0.1) is 5.82 Å². The van der Waals surface area contributed by atoms with E-state index in [0.717, 1.165) is 18.4 Å². The maximum Gasteiger partial charge on any atom is 0.490 e. The predicted molar refractivity (Wildman–Crippen MR) is 107 cm³/mol. The molecule has 1 saturated carbocycles. The fraction of sp³-hybridized carbons (Fsp3) is 0.350. The highest BCUT2D eigenvalue weighted by Gasteiger charge is 2.38. The zero-order valence-corrected chi connectivity index (χ0v) is 17.3. The number of aliphatic carboxylic acids is 1. The van der Waals surface area contributed by atoms with Crippen LogP contribution in [-0.2, 0) is 9.59 Å². The SMILES string of the molecule is O=C(NCCOc1c(F)cccc1Cl)C(NC1CC1)c1cccnc1.O=C(O)C(F)(F)F. The number of hydrogen-bond donors (Lipinski definition) is 3. The van der Waals surface area contributed by atoms with Gasteiger partial charge in [0.1, 0.15) is 12.6 Å². The predicted octanol–water partition coefficient (Wildman–Crippen LogP) is 3.50. The number of ether oxygens (including phenoxy) is 1. The molecule has 12 heteroatoms. The smallest absolute Gasteiger partial charge is 0.487 e. The number of aromatic nitrogens is 1. The molecule has 1 amide bonds. The second-order valence-corrected chi connectivity index (χ2v) is 7.06. The fourth-order valence-electron chi connectivity index (χ4n) is 2.41. The molecule has 174 valence electrons. The van der Waals surface area contributed by atoms with Gasteiger partial charge in [-0.1, -0.05) is 23.7 Å². The second kappa shape index (κ2) is 11.6. The molecule has 0 bridgehead atoms. The van der Waals surface area contributed by atoms with E-state index in [1.807, 2.05) is 6.07 Å². The van der Waals surface area contributed by atoms with Gasteiger partial charge in [-0.3, -0.25) is 15.1 Å². The van der Waals surface area contributed by atoms with Crippen LogP contribution in [0.15, 0.2) is 42.7 Å². The molecule has 0 spiro atoms. The van der Waals surface area contributed by atoms with Gasteiger partial charge in [0.15, 0.2) is 11.6 Å². The monoisotopic (exact) mass is 477 g/mol. The number of carboxylic acids is 1. The summed E-state index contributed by atoms with van der Waals surface area (Å²) in [5, 5.41) is 13.4. The van der Waals surface area contributed by atoms with Gasteiger partial charge in [0.25, 0.3) is 0 Å². The number of benzene rings is 1. The number of carbonyl (C=O) groups excluding carboxylic acids is 1. The summed E-state index contributed by atoms with van der Waals surface area (Å²) in [5.74, 6) is -3.45. The van der Waals surface area contributed by atoms with Gasteiger partial charge in [-0.15, -0.1) is 0 Å². The summed E-state index contributed by atoms with van der Waals surface area (Å²) in [6, 6.07) is 7.90. The molecule has 1 aromatic heterocycles. The van der Waals surface area contributed by atoms with Crippen LogP contribution in [0.5, 0.6) is 5.75 Å². The van der Waals surface area contributed by atoms with Crippen LogP contribution in [0.1, 0.15) is 24.4 Å². The Morgan fingerprint density at radius 1 is 1.25 bits per heavy atom. The molecule has 2 aromatic rings. The van der Waals surface area contributed by atoms with Crippen molar-refractivity contribution in [3.63, 3.8) is 0 Å². The van der Waals surface area contributed by atoms with Gasteiger partial charge in [0.05, 0.1) is 11.6 Å². The number of halogens is 5. The number of nitrogens with zero attached hydrogens (tertiary/aromatic N) is 1. The van der Waals surface area contributed by atoms with Gasteiger partial charge in [0.2, 0.25) is 5.91 Å². The van der Waals surface area contributed by atoms with Crippen LogP contribution in [-0.4, -0.2) is 47.3 Å². The maximum absolute atomic E-state index is 13.6. The average molecular weight is 478 g/mol. The number of amides is 1. The molecule has 0 saturated heterocycles. The van der Waals surface area contributed by atoms with Gasteiger partial charge in [-0.05, 0) is 36.6 Å². The van der Waals surface area contributed by atoms with E-state index in [2.05, 4.69) is 15.6 Å². The molecule has 1 aromatic carbocycles. The molecule has 0 radical (unpaired) electrons. The number of hydrogen-bond acceptors (Lipinski definition) is 5. The molecule has 1 fully saturated rings. The van der Waals surface area contributed by atoms with E-state index >= 15 is 0 Å². The van der Waals surface area contributed by atoms with E-state index in [0.29, 0.717) is 6.04 Å². The van der Waals surface area contributed by atoms with Crippen molar-refractivity contribution in [1.29, 1.82) is 0 Å². The van der Waals surface area contributed by atoms with Crippen molar-refractivity contribution in [3.8, 4) is 5.75 Å². The van der Waals surface area contributed by atoms with Crippen LogP contribution >= 0.6 is 11.6 Å². The third-order valence-electron chi connectivity index (χ3n) is 4.07. The van der Waals surface area contributed by atoms with Crippen molar-refractivity contribution in [2.75, 3.05) is 13.2 Å². The molecule has 7 nitrogen and oxygen atoms in total. The van der Waals surface area contributed by atoms with Gasteiger partial charge in [0, 0.05) is 18.4 Å². The van der Waals surface area contributed by atoms with Crippen LogP contribution in [0.2, 0.25) is 5.02 Å². The number of carboxylic acid groups (broad SMARTS) is 1. The topological polar surface area (TPSA) is 101 Å².